The maximum Gasteiger partial charge on any atom is 0.223 e. The van der Waals surface area contributed by atoms with Gasteiger partial charge in [0.1, 0.15) is 0 Å². The number of amides is 1. The third kappa shape index (κ3) is 4.61. The summed E-state index contributed by atoms with van der Waals surface area (Å²) >= 11 is 0. The Kier molecular flexibility index (Phi) is 5.13. The van der Waals surface area contributed by atoms with Crippen LogP contribution in [0.1, 0.15) is 41.0 Å². The minimum absolute atomic E-state index is 0.120. The molecule has 0 rings (SSSR count). The van der Waals surface area contributed by atoms with Crippen molar-refractivity contribution in [3.05, 3.63) is 0 Å². The van der Waals surface area contributed by atoms with Crippen LogP contribution in [0.5, 0.6) is 0 Å². The topological polar surface area (TPSA) is 46.3 Å². The van der Waals surface area contributed by atoms with Crippen molar-refractivity contribution in [3.8, 4) is 0 Å². The second-order valence-corrected chi connectivity index (χ2v) is 5.10. The van der Waals surface area contributed by atoms with Gasteiger partial charge in [-0.2, -0.15) is 0 Å². The first-order valence-electron chi connectivity index (χ1n) is 5.29. The van der Waals surface area contributed by atoms with Crippen LogP contribution in [-0.4, -0.2) is 29.4 Å². The highest BCUT2D eigenvalue weighted by Gasteiger charge is 2.25. The maximum absolute atomic E-state index is 11.9. The molecule has 0 aliphatic carbocycles. The number of hydrogen-bond acceptors (Lipinski definition) is 2. The van der Waals surface area contributed by atoms with Crippen LogP contribution in [0, 0.1) is 5.92 Å². The van der Waals surface area contributed by atoms with Gasteiger partial charge < -0.3 is 10.6 Å². The molecule has 2 N–H and O–H groups in total. The zero-order valence-corrected chi connectivity index (χ0v) is 10.1. The molecule has 3 heteroatoms. The van der Waals surface area contributed by atoms with Gasteiger partial charge in [0.25, 0.3) is 0 Å². The summed E-state index contributed by atoms with van der Waals surface area (Å²) in [4.78, 5) is 13.7. The SMILES string of the molecule is CC(C)CC(=O)N(CCN)C(C)(C)C. The van der Waals surface area contributed by atoms with E-state index in [2.05, 4.69) is 13.8 Å². The van der Waals surface area contributed by atoms with Crippen molar-refractivity contribution in [1.29, 1.82) is 0 Å². The van der Waals surface area contributed by atoms with Crippen LogP contribution < -0.4 is 5.73 Å². The van der Waals surface area contributed by atoms with E-state index in [1.807, 2.05) is 25.7 Å². The number of carbonyl (C=O) groups is 1. The Labute approximate surface area is 87.6 Å². The van der Waals surface area contributed by atoms with E-state index in [1.54, 1.807) is 0 Å². The van der Waals surface area contributed by atoms with Crippen LogP contribution in [0.3, 0.4) is 0 Å². The second-order valence-electron chi connectivity index (χ2n) is 5.10. The summed E-state index contributed by atoms with van der Waals surface area (Å²) in [5, 5.41) is 0. The Morgan fingerprint density at radius 1 is 1.36 bits per heavy atom. The molecule has 0 aromatic carbocycles. The number of hydrogen-bond donors (Lipinski definition) is 1. The van der Waals surface area contributed by atoms with E-state index < -0.39 is 0 Å². The molecule has 0 fully saturated rings. The first kappa shape index (κ1) is 13.4. The van der Waals surface area contributed by atoms with Gasteiger partial charge in [-0.1, -0.05) is 13.8 Å². The maximum atomic E-state index is 11.9. The summed E-state index contributed by atoms with van der Waals surface area (Å²) in [5.41, 5.74) is 5.38. The molecule has 0 unspecified atom stereocenters. The van der Waals surface area contributed by atoms with E-state index >= 15 is 0 Å². The average Bonchev–Trinajstić information content (AvgIpc) is 1.96. The van der Waals surface area contributed by atoms with Crippen LogP contribution in [0.25, 0.3) is 0 Å². The van der Waals surface area contributed by atoms with Gasteiger partial charge in [0, 0.05) is 25.0 Å². The van der Waals surface area contributed by atoms with Gasteiger partial charge in [-0.25, -0.2) is 0 Å². The van der Waals surface area contributed by atoms with E-state index in [0.29, 0.717) is 25.4 Å². The molecule has 0 spiro atoms. The van der Waals surface area contributed by atoms with Crippen LogP contribution in [0.2, 0.25) is 0 Å². The lowest BCUT2D eigenvalue weighted by atomic mass is 10.0. The van der Waals surface area contributed by atoms with Gasteiger partial charge in [-0.15, -0.1) is 0 Å². The molecule has 0 aliphatic rings. The fourth-order valence-electron chi connectivity index (χ4n) is 1.42. The highest BCUT2D eigenvalue weighted by molar-refractivity contribution is 5.77. The van der Waals surface area contributed by atoms with Crippen LogP contribution in [0.4, 0.5) is 0 Å². The zero-order chi connectivity index (χ0) is 11.4. The molecule has 0 saturated heterocycles. The fourth-order valence-corrected chi connectivity index (χ4v) is 1.42. The van der Waals surface area contributed by atoms with Crippen LogP contribution in [0.15, 0.2) is 0 Å². The molecular formula is C11H24N2O. The summed E-state index contributed by atoms with van der Waals surface area (Å²) < 4.78 is 0. The third-order valence-corrected chi connectivity index (χ3v) is 2.05. The zero-order valence-electron chi connectivity index (χ0n) is 10.1. The van der Waals surface area contributed by atoms with Gasteiger partial charge in [0.15, 0.2) is 0 Å². The Morgan fingerprint density at radius 3 is 2.14 bits per heavy atom. The molecule has 0 saturated carbocycles. The predicted molar refractivity (Wildman–Crippen MR) is 60.0 cm³/mol. The highest BCUT2D eigenvalue weighted by atomic mass is 16.2. The molecule has 84 valence electrons. The van der Waals surface area contributed by atoms with Crippen LogP contribution in [-0.2, 0) is 4.79 Å². The van der Waals surface area contributed by atoms with E-state index in [9.17, 15) is 4.79 Å². The van der Waals surface area contributed by atoms with Crippen molar-refractivity contribution in [1.82, 2.24) is 4.90 Å². The lowest BCUT2D eigenvalue weighted by molar-refractivity contribution is -0.136. The van der Waals surface area contributed by atoms with E-state index in [0.717, 1.165) is 0 Å². The van der Waals surface area contributed by atoms with Gasteiger partial charge >= 0.3 is 0 Å². The Hall–Kier alpha value is -0.570. The van der Waals surface area contributed by atoms with Crippen molar-refractivity contribution in [2.24, 2.45) is 11.7 Å². The summed E-state index contributed by atoms with van der Waals surface area (Å²) in [6.45, 7) is 11.4. The first-order chi connectivity index (χ1) is 6.29. The third-order valence-electron chi connectivity index (χ3n) is 2.05. The standard InChI is InChI=1S/C11H24N2O/c1-9(2)8-10(14)13(7-6-12)11(3,4)5/h9H,6-8,12H2,1-5H3. The average molecular weight is 200 g/mol. The molecule has 0 heterocycles. The number of nitrogens with zero attached hydrogens (tertiary/aromatic N) is 1. The monoisotopic (exact) mass is 200 g/mol. The molecule has 14 heavy (non-hydrogen) atoms. The lowest BCUT2D eigenvalue weighted by Gasteiger charge is -2.36. The molecule has 3 nitrogen and oxygen atoms in total. The minimum atomic E-state index is -0.120. The van der Waals surface area contributed by atoms with E-state index in [1.165, 1.54) is 0 Å². The lowest BCUT2D eigenvalue weighted by Crippen LogP contribution is -2.48. The smallest absolute Gasteiger partial charge is 0.223 e. The summed E-state index contributed by atoms with van der Waals surface area (Å²) in [6, 6.07) is 0. The Bertz CT molecular complexity index is 182. The van der Waals surface area contributed by atoms with Crippen LogP contribution >= 0.6 is 0 Å². The first-order valence-corrected chi connectivity index (χ1v) is 5.29. The Balaban J connectivity index is 4.42. The molecule has 0 aliphatic heterocycles. The molecule has 0 aromatic heterocycles. The van der Waals surface area contributed by atoms with Crippen molar-refractivity contribution in [2.45, 2.75) is 46.6 Å². The van der Waals surface area contributed by atoms with E-state index in [4.69, 9.17) is 5.73 Å². The van der Waals surface area contributed by atoms with Crippen molar-refractivity contribution in [3.63, 3.8) is 0 Å². The van der Waals surface area contributed by atoms with Gasteiger partial charge in [-0.3, -0.25) is 4.79 Å². The van der Waals surface area contributed by atoms with Crippen molar-refractivity contribution < 1.29 is 4.79 Å². The van der Waals surface area contributed by atoms with Gasteiger partial charge in [0.2, 0.25) is 5.91 Å². The number of carbonyl (C=O) groups excluding carboxylic acids is 1. The minimum Gasteiger partial charge on any atom is -0.337 e. The number of rotatable bonds is 4. The fraction of sp³-hybridized carbons (Fsp3) is 0.909. The largest absolute Gasteiger partial charge is 0.337 e. The van der Waals surface area contributed by atoms with Gasteiger partial charge in [0.05, 0.1) is 0 Å². The van der Waals surface area contributed by atoms with Crippen molar-refractivity contribution >= 4 is 5.91 Å². The second kappa shape index (κ2) is 5.35. The molecular weight excluding hydrogens is 176 g/mol. The van der Waals surface area contributed by atoms with E-state index in [-0.39, 0.29) is 11.4 Å². The quantitative estimate of drug-likeness (QED) is 0.749. The molecule has 0 bridgehead atoms. The summed E-state index contributed by atoms with van der Waals surface area (Å²) in [6.07, 6.45) is 0.608. The highest BCUT2D eigenvalue weighted by Crippen LogP contribution is 2.15. The molecule has 0 atom stereocenters. The molecule has 1 amide bonds. The molecule has 0 aromatic rings. The Morgan fingerprint density at radius 2 is 1.86 bits per heavy atom. The van der Waals surface area contributed by atoms with Crippen molar-refractivity contribution in [2.75, 3.05) is 13.1 Å². The normalized spacial score (nSPS) is 11.9. The summed E-state index contributed by atoms with van der Waals surface area (Å²) in [7, 11) is 0. The van der Waals surface area contributed by atoms with Gasteiger partial charge in [-0.05, 0) is 26.7 Å². The summed E-state index contributed by atoms with van der Waals surface area (Å²) in [5.74, 6) is 0.614. The number of nitrogens with two attached hydrogens (primary N) is 1. The predicted octanol–water partition coefficient (Wildman–Crippen LogP) is 1.62. The molecule has 0 radical (unpaired) electrons.